The maximum absolute atomic E-state index is 5.84. The minimum atomic E-state index is 0.429. The summed E-state index contributed by atoms with van der Waals surface area (Å²) >= 11 is 0. The van der Waals surface area contributed by atoms with Gasteiger partial charge in [0.2, 0.25) is 0 Å². The van der Waals surface area contributed by atoms with Crippen molar-refractivity contribution in [3.05, 3.63) is 36.1 Å². The standard InChI is InChI=1S/C17H24N2O/c1-17(7-9-19(2)10-8-17)13-18-12-15-11-14-5-3-4-6-16(14)20-15/h3-6,11,18H,7-10,12-13H2,1-2H3. The summed E-state index contributed by atoms with van der Waals surface area (Å²) in [6.07, 6.45) is 2.55. The van der Waals surface area contributed by atoms with E-state index in [2.05, 4.69) is 42.4 Å². The molecule has 2 aromatic rings. The molecule has 1 saturated heterocycles. The molecule has 0 aliphatic carbocycles. The first-order chi connectivity index (χ1) is 9.65. The van der Waals surface area contributed by atoms with E-state index in [0.717, 1.165) is 24.4 Å². The second-order valence-electron chi connectivity index (χ2n) is 6.47. The molecule has 2 heterocycles. The third-order valence-corrected chi connectivity index (χ3v) is 4.52. The van der Waals surface area contributed by atoms with Crippen LogP contribution in [0.2, 0.25) is 0 Å². The predicted molar refractivity (Wildman–Crippen MR) is 82.8 cm³/mol. The van der Waals surface area contributed by atoms with Gasteiger partial charge in [-0.2, -0.15) is 0 Å². The Kier molecular flexibility index (Phi) is 3.81. The fourth-order valence-corrected chi connectivity index (χ4v) is 2.95. The first-order valence-corrected chi connectivity index (χ1v) is 7.51. The summed E-state index contributed by atoms with van der Waals surface area (Å²) in [5.74, 6) is 1.03. The lowest BCUT2D eigenvalue weighted by molar-refractivity contribution is 0.136. The molecule has 1 N–H and O–H groups in total. The molecule has 3 heteroatoms. The average molecular weight is 272 g/mol. The van der Waals surface area contributed by atoms with Crippen LogP contribution in [-0.2, 0) is 6.54 Å². The number of benzene rings is 1. The molecule has 1 aliphatic heterocycles. The Morgan fingerprint density at radius 2 is 2.00 bits per heavy atom. The van der Waals surface area contributed by atoms with Crippen molar-refractivity contribution in [1.82, 2.24) is 10.2 Å². The molecule has 20 heavy (non-hydrogen) atoms. The number of hydrogen-bond donors (Lipinski definition) is 1. The smallest absolute Gasteiger partial charge is 0.134 e. The van der Waals surface area contributed by atoms with Gasteiger partial charge < -0.3 is 14.6 Å². The topological polar surface area (TPSA) is 28.4 Å². The van der Waals surface area contributed by atoms with Crippen LogP contribution < -0.4 is 5.32 Å². The monoisotopic (exact) mass is 272 g/mol. The molecule has 0 saturated carbocycles. The summed E-state index contributed by atoms with van der Waals surface area (Å²) in [4.78, 5) is 2.42. The van der Waals surface area contributed by atoms with E-state index in [1.54, 1.807) is 0 Å². The Bertz CT molecular complexity index is 534. The van der Waals surface area contributed by atoms with Gasteiger partial charge in [0.25, 0.3) is 0 Å². The number of piperidine rings is 1. The highest BCUT2D eigenvalue weighted by molar-refractivity contribution is 5.77. The van der Waals surface area contributed by atoms with Gasteiger partial charge in [-0.15, -0.1) is 0 Å². The van der Waals surface area contributed by atoms with Crippen molar-refractivity contribution in [2.45, 2.75) is 26.3 Å². The summed E-state index contributed by atoms with van der Waals surface area (Å²) < 4.78 is 5.84. The Morgan fingerprint density at radius 3 is 2.75 bits per heavy atom. The molecule has 3 rings (SSSR count). The van der Waals surface area contributed by atoms with Crippen LogP contribution in [0.3, 0.4) is 0 Å². The first kappa shape index (κ1) is 13.7. The summed E-state index contributed by atoms with van der Waals surface area (Å²) in [5, 5.41) is 4.77. The minimum Gasteiger partial charge on any atom is -0.460 e. The van der Waals surface area contributed by atoms with Crippen LogP contribution in [0.25, 0.3) is 11.0 Å². The summed E-state index contributed by atoms with van der Waals surface area (Å²) in [5.41, 5.74) is 1.41. The van der Waals surface area contributed by atoms with Gasteiger partial charge in [-0.1, -0.05) is 25.1 Å². The SMILES string of the molecule is CN1CCC(C)(CNCc2cc3ccccc3o2)CC1. The van der Waals surface area contributed by atoms with Crippen LogP contribution in [0.1, 0.15) is 25.5 Å². The molecule has 108 valence electrons. The molecule has 3 nitrogen and oxygen atoms in total. The molecule has 0 radical (unpaired) electrons. The van der Waals surface area contributed by atoms with Crippen LogP contribution in [0.4, 0.5) is 0 Å². The van der Waals surface area contributed by atoms with Gasteiger partial charge in [0.15, 0.2) is 0 Å². The zero-order valence-corrected chi connectivity index (χ0v) is 12.5. The molecule has 1 aliphatic rings. The number of nitrogens with one attached hydrogen (secondary N) is 1. The summed E-state index contributed by atoms with van der Waals surface area (Å²) in [6, 6.07) is 10.3. The molecule has 0 unspecified atom stereocenters. The van der Waals surface area contributed by atoms with Crippen molar-refractivity contribution in [2.24, 2.45) is 5.41 Å². The number of fused-ring (bicyclic) bond motifs is 1. The van der Waals surface area contributed by atoms with E-state index in [1.807, 2.05) is 12.1 Å². The zero-order valence-electron chi connectivity index (χ0n) is 12.5. The number of hydrogen-bond acceptors (Lipinski definition) is 3. The molecule has 0 amide bonds. The van der Waals surface area contributed by atoms with E-state index < -0.39 is 0 Å². The van der Waals surface area contributed by atoms with Gasteiger partial charge >= 0.3 is 0 Å². The van der Waals surface area contributed by atoms with Gasteiger partial charge in [0.1, 0.15) is 11.3 Å². The van der Waals surface area contributed by atoms with Crippen molar-refractivity contribution in [1.29, 1.82) is 0 Å². The second-order valence-corrected chi connectivity index (χ2v) is 6.47. The Labute approximate surface area is 120 Å². The maximum Gasteiger partial charge on any atom is 0.134 e. The second kappa shape index (κ2) is 5.58. The Morgan fingerprint density at radius 1 is 1.25 bits per heavy atom. The molecule has 1 aromatic heterocycles. The largest absolute Gasteiger partial charge is 0.460 e. The van der Waals surface area contributed by atoms with E-state index in [4.69, 9.17) is 4.42 Å². The molecule has 1 aromatic carbocycles. The van der Waals surface area contributed by atoms with Gasteiger partial charge in [-0.3, -0.25) is 0 Å². The van der Waals surface area contributed by atoms with Crippen molar-refractivity contribution < 1.29 is 4.42 Å². The van der Waals surface area contributed by atoms with Crippen LogP contribution in [0, 0.1) is 5.41 Å². The van der Waals surface area contributed by atoms with Crippen molar-refractivity contribution >= 4 is 11.0 Å². The van der Waals surface area contributed by atoms with Gasteiger partial charge in [-0.05, 0) is 50.5 Å². The third-order valence-electron chi connectivity index (χ3n) is 4.52. The fourth-order valence-electron chi connectivity index (χ4n) is 2.95. The Hall–Kier alpha value is -1.32. The van der Waals surface area contributed by atoms with Crippen molar-refractivity contribution in [2.75, 3.05) is 26.7 Å². The normalized spacial score (nSPS) is 19.5. The highest BCUT2D eigenvalue weighted by Gasteiger charge is 2.28. The van der Waals surface area contributed by atoms with Gasteiger partial charge in [-0.25, -0.2) is 0 Å². The van der Waals surface area contributed by atoms with Crippen LogP contribution in [-0.4, -0.2) is 31.6 Å². The molecule has 0 spiro atoms. The lowest BCUT2D eigenvalue weighted by Gasteiger charge is -2.38. The third kappa shape index (κ3) is 3.05. The zero-order chi connectivity index (χ0) is 14.0. The van der Waals surface area contributed by atoms with Crippen LogP contribution in [0.5, 0.6) is 0 Å². The van der Waals surface area contributed by atoms with Crippen molar-refractivity contribution in [3.63, 3.8) is 0 Å². The van der Waals surface area contributed by atoms with Gasteiger partial charge in [0, 0.05) is 11.9 Å². The maximum atomic E-state index is 5.84. The minimum absolute atomic E-state index is 0.429. The highest BCUT2D eigenvalue weighted by Crippen LogP contribution is 2.29. The van der Waals surface area contributed by atoms with E-state index >= 15 is 0 Å². The van der Waals surface area contributed by atoms with Crippen LogP contribution >= 0.6 is 0 Å². The van der Waals surface area contributed by atoms with E-state index in [0.29, 0.717) is 5.41 Å². The fraction of sp³-hybridized carbons (Fsp3) is 0.529. The molecule has 0 bridgehead atoms. The Balaban J connectivity index is 1.54. The van der Waals surface area contributed by atoms with E-state index in [-0.39, 0.29) is 0 Å². The number of nitrogens with zero attached hydrogens (tertiary/aromatic N) is 1. The lowest BCUT2D eigenvalue weighted by Crippen LogP contribution is -2.41. The molecular weight excluding hydrogens is 248 g/mol. The van der Waals surface area contributed by atoms with Crippen LogP contribution in [0.15, 0.2) is 34.7 Å². The summed E-state index contributed by atoms with van der Waals surface area (Å²) in [6.45, 7) is 6.70. The molecule has 0 atom stereocenters. The first-order valence-electron chi connectivity index (χ1n) is 7.51. The highest BCUT2D eigenvalue weighted by atomic mass is 16.3. The van der Waals surface area contributed by atoms with E-state index in [1.165, 1.54) is 31.3 Å². The molecule has 1 fully saturated rings. The lowest BCUT2D eigenvalue weighted by atomic mass is 9.80. The van der Waals surface area contributed by atoms with Gasteiger partial charge in [0.05, 0.1) is 6.54 Å². The summed E-state index contributed by atoms with van der Waals surface area (Å²) in [7, 11) is 2.21. The number of para-hydroxylation sites is 1. The molecular formula is C17H24N2O. The quantitative estimate of drug-likeness (QED) is 0.926. The predicted octanol–water partition coefficient (Wildman–Crippen LogP) is 3.25. The number of furan rings is 1. The number of likely N-dealkylation sites (tertiary alicyclic amines) is 1. The number of rotatable bonds is 4. The average Bonchev–Trinajstić information content (AvgIpc) is 2.85. The van der Waals surface area contributed by atoms with Crippen molar-refractivity contribution in [3.8, 4) is 0 Å². The van der Waals surface area contributed by atoms with E-state index in [9.17, 15) is 0 Å².